The Labute approximate surface area is 92.6 Å². The van der Waals surface area contributed by atoms with E-state index < -0.39 is 36.6 Å². The Morgan fingerprint density at radius 3 is 1.88 bits per heavy atom. The first-order valence-electron chi connectivity index (χ1n) is 4.20. The minimum absolute atomic E-state index is 0.115. The summed E-state index contributed by atoms with van der Waals surface area (Å²) >= 11 is 0. The van der Waals surface area contributed by atoms with E-state index >= 15 is 0 Å². The number of nitrogens with zero attached hydrogens (tertiary/aromatic N) is 1. The Morgan fingerprint density at radius 2 is 1.59 bits per heavy atom. The molecule has 0 aliphatic rings. The van der Waals surface area contributed by atoms with Gasteiger partial charge in [-0.3, -0.25) is 0 Å². The van der Waals surface area contributed by atoms with Gasteiger partial charge in [0.25, 0.3) is 0 Å². The highest BCUT2D eigenvalue weighted by molar-refractivity contribution is 5.86. The van der Waals surface area contributed by atoms with Gasteiger partial charge in [-0.05, 0) is 6.92 Å². The van der Waals surface area contributed by atoms with Crippen LogP contribution >= 0.6 is 0 Å². The molecule has 0 heterocycles. The van der Waals surface area contributed by atoms with Crippen LogP contribution in [0.25, 0.3) is 0 Å². The van der Waals surface area contributed by atoms with Crippen LogP contribution in [-0.4, -0.2) is 36.6 Å². The molecule has 0 bridgehead atoms. The molecular formula is C8H9F6NO2. The number of alkyl halides is 6. The second-order valence-corrected chi connectivity index (χ2v) is 3.00. The molecule has 0 N–H and O–H groups in total. The van der Waals surface area contributed by atoms with Crippen molar-refractivity contribution >= 4 is 5.97 Å². The number of carbonyl (C=O) groups excluding carboxylic acids is 1. The summed E-state index contributed by atoms with van der Waals surface area (Å²) in [6, 6.07) is 0. The summed E-state index contributed by atoms with van der Waals surface area (Å²) in [5.41, 5.74) is -0.115. The number of carbonyl (C=O) groups is 1. The van der Waals surface area contributed by atoms with Crippen molar-refractivity contribution in [1.82, 2.24) is 4.90 Å². The topological polar surface area (TPSA) is 29.5 Å². The predicted octanol–water partition coefficient (Wildman–Crippen LogP) is 2.45. The highest BCUT2D eigenvalue weighted by atomic mass is 19.4. The average Bonchev–Trinajstić information content (AvgIpc) is 2.07. The number of esters is 1. The number of halogens is 6. The third-order valence-electron chi connectivity index (χ3n) is 1.51. The molecule has 0 aromatic rings. The normalized spacial score (nSPS) is 12.7. The van der Waals surface area contributed by atoms with Crippen LogP contribution in [-0.2, 0) is 9.53 Å². The van der Waals surface area contributed by atoms with Crippen LogP contribution in [0.3, 0.4) is 0 Å². The Hall–Kier alpha value is -1.25. The molecule has 0 fully saturated rings. The van der Waals surface area contributed by atoms with Gasteiger partial charge in [0.05, 0.1) is 0 Å². The summed E-state index contributed by atoms with van der Waals surface area (Å²) < 4.78 is 75.8. The van der Waals surface area contributed by atoms with Crippen molar-refractivity contribution in [2.45, 2.75) is 19.5 Å². The second kappa shape index (κ2) is 5.39. The molecule has 0 unspecified atom stereocenters. The van der Waals surface area contributed by atoms with E-state index in [0.29, 0.717) is 0 Å². The molecular weight excluding hydrogens is 256 g/mol. The lowest BCUT2D eigenvalue weighted by molar-refractivity contribution is -0.373. The fourth-order valence-corrected chi connectivity index (χ4v) is 0.750. The highest BCUT2D eigenvalue weighted by Crippen LogP contribution is 2.32. The molecule has 9 heteroatoms. The third-order valence-corrected chi connectivity index (χ3v) is 1.51. The zero-order valence-electron chi connectivity index (χ0n) is 8.65. The maximum Gasteiger partial charge on any atom is 0.467 e. The molecule has 0 saturated heterocycles. The van der Waals surface area contributed by atoms with Crippen LogP contribution in [0.4, 0.5) is 26.3 Å². The molecule has 3 nitrogen and oxygen atoms in total. The zero-order chi connectivity index (χ0) is 13.9. The predicted molar refractivity (Wildman–Crippen MR) is 44.6 cm³/mol. The van der Waals surface area contributed by atoms with E-state index in [0.717, 1.165) is 0 Å². The number of ether oxygens (including phenoxy) is 1. The minimum atomic E-state index is -5.58. The average molecular weight is 265 g/mol. The van der Waals surface area contributed by atoms with Gasteiger partial charge in [0.15, 0.2) is 0 Å². The molecule has 0 aromatic heterocycles. The van der Waals surface area contributed by atoms with Crippen LogP contribution in [0.2, 0.25) is 0 Å². The summed E-state index contributed by atoms with van der Waals surface area (Å²) in [5.74, 6) is -1.05. The SMILES string of the molecule is C=C(C)C(=O)OCCN(C(F)(F)F)C(F)(F)F. The van der Waals surface area contributed by atoms with Crippen molar-refractivity contribution in [3.63, 3.8) is 0 Å². The monoisotopic (exact) mass is 265 g/mol. The van der Waals surface area contributed by atoms with E-state index in [1.54, 1.807) is 0 Å². The molecule has 0 atom stereocenters. The molecule has 0 aromatic carbocycles. The molecule has 100 valence electrons. The first kappa shape index (κ1) is 15.8. The van der Waals surface area contributed by atoms with Crippen molar-refractivity contribution in [2.24, 2.45) is 0 Å². The molecule has 0 amide bonds. The number of hydrogen-bond donors (Lipinski definition) is 0. The van der Waals surface area contributed by atoms with Gasteiger partial charge in [-0.15, -0.1) is 4.90 Å². The van der Waals surface area contributed by atoms with E-state index in [4.69, 9.17) is 0 Å². The van der Waals surface area contributed by atoms with Crippen LogP contribution in [0.15, 0.2) is 12.2 Å². The second-order valence-electron chi connectivity index (χ2n) is 3.00. The first-order valence-corrected chi connectivity index (χ1v) is 4.20. The summed E-state index contributed by atoms with van der Waals surface area (Å²) in [5, 5.41) is 0. The van der Waals surface area contributed by atoms with E-state index in [1.165, 1.54) is 6.92 Å². The summed E-state index contributed by atoms with van der Waals surface area (Å²) in [7, 11) is 0. The van der Waals surface area contributed by atoms with E-state index in [2.05, 4.69) is 11.3 Å². The van der Waals surface area contributed by atoms with Crippen molar-refractivity contribution < 1.29 is 35.9 Å². The molecule has 0 radical (unpaired) electrons. The molecule has 0 aliphatic heterocycles. The first-order chi connectivity index (χ1) is 7.46. The van der Waals surface area contributed by atoms with Crippen LogP contribution in [0.5, 0.6) is 0 Å². The molecule has 0 saturated carbocycles. The lowest BCUT2D eigenvalue weighted by Crippen LogP contribution is -2.49. The minimum Gasteiger partial charge on any atom is -0.461 e. The number of rotatable bonds is 4. The van der Waals surface area contributed by atoms with E-state index in [-0.39, 0.29) is 5.57 Å². The van der Waals surface area contributed by atoms with E-state index in [1.807, 2.05) is 0 Å². The lowest BCUT2D eigenvalue weighted by Gasteiger charge is -2.26. The lowest BCUT2D eigenvalue weighted by atomic mass is 10.4. The molecule has 0 aliphatic carbocycles. The highest BCUT2D eigenvalue weighted by Gasteiger charge is 2.53. The van der Waals surface area contributed by atoms with Crippen LogP contribution in [0.1, 0.15) is 6.92 Å². The van der Waals surface area contributed by atoms with Gasteiger partial charge in [-0.25, -0.2) is 4.79 Å². The Kier molecular flexibility index (Phi) is 4.99. The molecule has 0 rings (SSSR count). The molecule has 0 spiro atoms. The fourth-order valence-electron chi connectivity index (χ4n) is 0.750. The molecule has 17 heavy (non-hydrogen) atoms. The van der Waals surface area contributed by atoms with Crippen LogP contribution < -0.4 is 0 Å². The smallest absolute Gasteiger partial charge is 0.461 e. The Morgan fingerprint density at radius 1 is 1.18 bits per heavy atom. The Bertz CT molecular complexity index is 281. The van der Waals surface area contributed by atoms with Crippen LogP contribution in [0, 0.1) is 0 Å². The zero-order valence-corrected chi connectivity index (χ0v) is 8.65. The standard InChI is InChI=1S/C8H9F6NO2/c1-5(2)6(16)17-4-3-15(7(9,10)11)8(12,13)14/h1,3-4H2,2H3. The van der Waals surface area contributed by atoms with Gasteiger partial charge in [-0.1, -0.05) is 6.58 Å². The van der Waals surface area contributed by atoms with Crippen molar-refractivity contribution in [2.75, 3.05) is 13.2 Å². The van der Waals surface area contributed by atoms with Gasteiger partial charge >= 0.3 is 18.6 Å². The van der Waals surface area contributed by atoms with Gasteiger partial charge in [0.2, 0.25) is 0 Å². The Balaban J connectivity index is 4.40. The van der Waals surface area contributed by atoms with Gasteiger partial charge in [-0.2, -0.15) is 26.3 Å². The maximum absolute atomic E-state index is 11.9. The van der Waals surface area contributed by atoms with E-state index in [9.17, 15) is 31.1 Å². The van der Waals surface area contributed by atoms with Gasteiger partial charge in [0, 0.05) is 12.1 Å². The fraction of sp³-hybridized carbons (Fsp3) is 0.625. The van der Waals surface area contributed by atoms with Gasteiger partial charge < -0.3 is 4.74 Å². The van der Waals surface area contributed by atoms with Gasteiger partial charge in [0.1, 0.15) is 6.61 Å². The number of hydrogen-bond acceptors (Lipinski definition) is 3. The summed E-state index contributed by atoms with van der Waals surface area (Å²) in [6.07, 6.45) is -11.2. The van der Waals surface area contributed by atoms with Crippen molar-refractivity contribution in [3.05, 3.63) is 12.2 Å². The third kappa shape index (κ3) is 5.57. The summed E-state index contributed by atoms with van der Waals surface area (Å²) in [6.45, 7) is 1.77. The quantitative estimate of drug-likeness (QED) is 0.338. The van der Waals surface area contributed by atoms with Crippen molar-refractivity contribution in [3.8, 4) is 0 Å². The summed E-state index contributed by atoms with van der Waals surface area (Å²) in [4.78, 5) is 9.05. The largest absolute Gasteiger partial charge is 0.467 e. The maximum atomic E-state index is 11.9. The van der Waals surface area contributed by atoms with Crippen molar-refractivity contribution in [1.29, 1.82) is 0 Å².